The summed E-state index contributed by atoms with van der Waals surface area (Å²) < 4.78 is 37.7. The summed E-state index contributed by atoms with van der Waals surface area (Å²) in [5, 5.41) is 12.2. The number of rotatable bonds is 9. The van der Waals surface area contributed by atoms with E-state index in [1.54, 1.807) is 0 Å². The van der Waals surface area contributed by atoms with Crippen LogP contribution in [0, 0.1) is 0 Å². The summed E-state index contributed by atoms with van der Waals surface area (Å²) in [7, 11) is -2.40. The Hall–Kier alpha value is -1.68. The van der Waals surface area contributed by atoms with Gasteiger partial charge in [0.25, 0.3) is 0 Å². The van der Waals surface area contributed by atoms with Crippen LogP contribution >= 0.6 is 0 Å². The summed E-state index contributed by atoms with van der Waals surface area (Å²) in [4.78, 5) is 11.0. The zero-order valence-electron chi connectivity index (χ0n) is 13.4. The van der Waals surface area contributed by atoms with Crippen LogP contribution in [0.25, 0.3) is 0 Å². The Morgan fingerprint density at radius 2 is 2.25 bits per heavy atom. The quantitative estimate of drug-likeness (QED) is 0.562. The van der Waals surface area contributed by atoms with E-state index in [9.17, 15) is 13.2 Å². The summed E-state index contributed by atoms with van der Waals surface area (Å²) in [6.45, 7) is 1.48. The van der Waals surface area contributed by atoms with E-state index < -0.39 is 16.0 Å². The molecule has 3 N–H and O–H groups in total. The van der Waals surface area contributed by atoms with Crippen LogP contribution in [0.4, 0.5) is 5.69 Å². The van der Waals surface area contributed by atoms with E-state index in [1.165, 1.54) is 19.2 Å². The predicted octanol–water partition coefficient (Wildman–Crippen LogP) is 0.900. The molecular weight excluding hydrogens is 336 g/mol. The number of carboxylic acids is 1. The van der Waals surface area contributed by atoms with Gasteiger partial charge in [-0.2, -0.15) is 0 Å². The Morgan fingerprint density at radius 1 is 1.46 bits per heavy atom. The lowest BCUT2D eigenvalue weighted by Crippen LogP contribution is -2.29. The van der Waals surface area contributed by atoms with E-state index >= 15 is 0 Å². The number of aromatic carboxylic acids is 1. The average molecular weight is 358 g/mol. The van der Waals surface area contributed by atoms with Crippen LogP contribution in [0.5, 0.6) is 0 Å². The topological polar surface area (TPSA) is 114 Å². The molecule has 9 heteroatoms. The van der Waals surface area contributed by atoms with Crippen molar-refractivity contribution in [2.75, 3.05) is 38.7 Å². The summed E-state index contributed by atoms with van der Waals surface area (Å²) in [6.07, 6.45) is 1.92. The second-order valence-corrected chi connectivity index (χ2v) is 7.16. The maximum Gasteiger partial charge on any atom is 0.335 e. The minimum absolute atomic E-state index is 0.0288. The molecule has 2 rings (SSSR count). The van der Waals surface area contributed by atoms with Crippen LogP contribution in [-0.4, -0.2) is 59.0 Å². The molecule has 24 heavy (non-hydrogen) atoms. The number of methoxy groups -OCH3 is 1. The second-order valence-electron chi connectivity index (χ2n) is 5.42. The van der Waals surface area contributed by atoms with Gasteiger partial charge in [-0.25, -0.2) is 17.9 Å². The third-order valence-corrected chi connectivity index (χ3v) is 5.16. The number of ether oxygens (including phenoxy) is 2. The van der Waals surface area contributed by atoms with Gasteiger partial charge >= 0.3 is 5.97 Å². The van der Waals surface area contributed by atoms with Crippen molar-refractivity contribution in [3.8, 4) is 0 Å². The lowest BCUT2D eigenvalue weighted by Gasteiger charge is -2.16. The highest BCUT2D eigenvalue weighted by molar-refractivity contribution is 7.89. The molecular formula is C15H22N2O6S. The molecule has 0 radical (unpaired) electrons. The normalized spacial score (nSPS) is 17.8. The zero-order valence-corrected chi connectivity index (χ0v) is 14.3. The molecule has 0 aliphatic carbocycles. The standard InChI is InChI=1S/C15H22N2O6S/c1-22-8-6-17-24(20,21)14-9-11(15(18)19)4-5-13(14)16-10-12-3-2-7-23-12/h4-5,9,12,16-17H,2-3,6-8,10H2,1H3,(H,18,19)/t12-/m1/s1. The van der Waals surface area contributed by atoms with Gasteiger partial charge in [0, 0.05) is 26.8 Å². The fourth-order valence-electron chi connectivity index (χ4n) is 2.41. The van der Waals surface area contributed by atoms with Crippen molar-refractivity contribution < 1.29 is 27.8 Å². The molecule has 8 nitrogen and oxygen atoms in total. The Labute approximate surface area is 141 Å². The lowest BCUT2D eigenvalue weighted by atomic mass is 10.2. The summed E-state index contributed by atoms with van der Waals surface area (Å²) in [5.41, 5.74) is 0.255. The molecule has 0 spiro atoms. The average Bonchev–Trinajstić information content (AvgIpc) is 3.06. The Morgan fingerprint density at radius 3 is 2.88 bits per heavy atom. The molecule has 1 aliphatic heterocycles. The first-order chi connectivity index (χ1) is 11.4. The highest BCUT2D eigenvalue weighted by atomic mass is 32.2. The van der Waals surface area contributed by atoms with Crippen LogP contribution in [0.1, 0.15) is 23.2 Å². The Kier molecular flexibility index (Phi) is 6.55. The minimum Gasteiger partial charge on any atom is -0.478 e. The van der Waals surface area contributed by atoms with Crippen molar-refractivity contribution in [3.63, 3.8) is 0 Å². The highest BCUT2D eigenvalue weighted by Crippen LogP contribution is 2.24. The van der Waals surface area contributed by atoms with E-state index in [2.05, 4.69) is 10.0 Å². The van der Waals surface area contributed by atoms with Gasteiger partial charge in [-0.1, -0.05) is 0 Å². The van der Waals surface area contributed by atoms with Crippen molar-refractivity contribution in [1.82, 2.24) is 4.72 Å². The van der Waals surface area contributed by atoms with Gasteiger partial charge in [0.1, 0.15) is 4.90 Å². The summed E-state index contributed by atoms with van der Waals surface area (Å²) >= 11 is 0. The lowest BCUT2D eigenvalue weighted by molar-refractivity contribution is 0.0696. The molecule has 0 bridgehead atoms. The van der Waals surface area contributed by atoms with E-state index in [4.69, 9.17) is 14.6 Å². The van der Waals surface area contributed by atoms with Gasteiger partial charge < -0.3 is 19.9 Å². The Bertz CT molecular complexity index is 671. The molecule has 1 heterocycles. The van der Waals surface area contributed by atoms with Crippen LogP contribution in [0.2, 0.25) is 0 Å². The van der Waals surface area contributed by atoms with Crippen LogP contribution < -0.4 is 10.0 Å². The van der Waals surface area contributed by atoms with E-state index in [0.29, 0.717) is 18.8 Å². The number of anilines is 1. The minimum atomic E-state index is -3.86. The Balaban J connectivity index is 2.22. The number of nitrogens with one attached hydrogen (secondary N) is 2. The van der Waals surface area contributed by atoms with Gasteiger partial charge in [0.05, 0.1) is 24.0 Å². The predicted molar refractivity (Wildman–Crippen MR) is 87.9 cm³/mol. The molecule has 1 aliphatic rings. The molecule has 1 saturated heterocycles. The number of sulfonamides is 1. The van der Waals surface area contributed by atoms with Gasteiger partial charge in [0.2, 0.25) is 10.0 Å². The maximum atomic E-state index is 12.5. The van der Waals surface area contributed by atoms with Gasteiger partial charge in [-0.3, -0.25) is 0 Å². The molecule has 1 aromatic rings. The number of carboxylic acid groups (broad SMARTS) is 1. The summed E-state index contributed by atoms with van der Waals surface area (Å²) in [6, 6.07) is 3.98. The number of benzene rings is 1. The first-order valence-corrected chi connectivity index (χ1v) is 9.14. The third-order valence-electron chi connectivity index (χ3n) is 3.66. The second kappa shape index (κ2) is 8.43. The summed E-state index contributed by atoms with van der Waals surface area (Å²) in [5.74, 6) is -1.19. The first-order valence-electron chi connectivity index (χ1n) is 7.65. The molecule has 0 amide bonds. The van der Waals surface area contributed by atoms with Gasteiger partial charge in [-0.15, -0.1) is 0 Å². The van der Waals surface area contributed by atoms with Crippen molar-refractivity contribution in [3.05, 3.63) is 23.8 Å². The van der Waals surface area contributed by atoms with Crippen molar-refractivity contribution >= 4 is 21.7 Å². The maximum absolute atomic E-state index is 12.5. The first kappa shape index (κ1) is 18.7. The van der Waals surface area contributed by atoms with E-state index in [0.717, 1.165) is 18.9 Å². The van der Waals surface area contributed by atoms with Crippen LogP contribution in [-0.2, 0) is 19.5 Å². The fourth-order valence-corrected chi connectivity index (χ4v) is 3.63. The smallest absolute Gasteiger partial charge is 0.335 e. The van der Waals surface area contributed by atoms with Crippen LogP contribution in [0.15, 0.2) is 23.1 Å². The van der Waals surface area contributed by atoms with E-state index in [-0.39, 0.29) is 29.7 Å². The molecule has 1 atom stereocenters. The monoisotopic (exact) mass is 358 g/mol. The largest absolute Gasteiger partial charge is 0.478 e. The highest BCUT2D eigenvalue weighted by Gasteiger charge is 2.22. The molecule has 134 valence electrons. The number of hydrogen-bond acceptors (Lipinski definition) is 6. The third kappa shape index (κ3) is 4.91. The molecule has 1 fully saturated rings. The molecule has 1 aromatic carbocycles. The molecule has 0 unspecified atom stereocenters. The molecule has 0 saturated carbocycles. The zero-order chi connectivity index (χ0) is 17.6. The van der Waals surface area contributed by atoms with Crippen molar-refractivity contribution in [2.24, 2.45) is 0 Å². The van der Waals surface area contributed by atoms with Gasteiger partial charge in [-0.05, 0) is 31.0 Å². The molecule has 0 aromatic heterocycles. The van der Waals surface area contributed by atoms with Crippen LogP contribution in [0.3, 0.4) is 0 Å². The SMILES string of the molecule is COCCNS(=O)(=O)c1cc(C(=O)O)ccc1NC[C@H]1CCCO1. The van der Waals surface area contributed by atoms with E-state index in [1.807, 2.05) is 0 Å². The van der Waals surface area contributed by atoms with Gasteiger partial charge in [0.15, 0.2) is 0 Å². The van der Waals surface area contributed by atoms with Crippen molar-refractivity contribution in [1.29, 1.82) is 0 Å². The number of carbonyl (C=O) groups is 1. The number of hydrogen-bond donors (Lipinski definition) is 3. The van der Waals surface area contributed by atoms with Crippen molar-refractivity contribution in [2.45, 2.75) is 23.8 Å². The fraction of sp³-hybridized carbons (Fsp3) is 0.533.